The van der Waals surface area contributed by atoms with E-state index in [1.807, 2.05) is 0 Å². The van der Waals surface area contributed by atoms with Gasteiger partial charge in [-0.15, -0.1) is 23.1 Å². The second kappa shape index (κ2) is 5.89. The Morgan fingerprint density at radius 2 is 2.27 bits per heavy atom. The van der Waals surface area contributed by atoms with Crippen molar-refractivity contribution in [2.45, 2.75) is 23.2 Å². The molecule has 2 heterocycles. The normalized spacial score (nSPS) is 19.5. The summed E-state index contributed by atoms with van der Waals surface area (Å²) in [6, 6.07) is 4.18. The van der Waals surface area contributed by atoms with E-state index in [4.69, 9.17) is 0 Å². The molecule has 0 spiro atoms. The first-order chi connectivity index (χ1) is 7.34. The first-order valence-corrected chi connectivity index (χ1v) is 7.39. The van der Waals surface area contributed by atoms with Crippen LogP contribution >= 0.6 is 23.1 Å². The number of thioether (sulfide) groups is 1. The molecule has 0 bridgehead atoms. The minimum Gasteiger partial charge on any atom is -0.386 e. The molecule has 2 rings (SSSR count). The van der Waals surface area contributed by atoms with Crippen LogP contribution in [0.15, 0.2) is 21.7 Å². The number of nitrogens with one attached hydrogen (secondary N) is 1. The van der Waals surface area contributed by atoms with E-state index >= 15 is 0 Å². The molecular formula is C11H18NOS2+. The fourth-order valence-corrected chi connectivity index (χ4v) is 3.74. The van der Waals surface area contributed by atoms with Crippen molar-refractivity contribution in [3.8, 4) is 0 Å². The Morgan fingerprint density at radius 1 is 1.47 bits per heavy atom. The molecule has 1 aliphatic rings. The van der Waals surface area contributed by atoms with Crippen LogP contribution in [0.3, 0.4) is 0 Å². The van der Waals surface area contributed by atoms with Gasteiger partial charge >= 0.3 is 0 Å². The highest BCUT2D eigenvalue weighted by atomic mass is 32.2. The second-order valence-corrected chi connectivity index (χ2v) is 6.33. The number of aliphatic hydroxyl groups excluding tert-OH is 1. The lowest BCUT2D eigenvalue weighted by atomic mass is 10.4. The molecule has 2 nitrogen and oxygen atoms in total. The van der Waals surface area contributed by atoms with Gasteiger partial charge in [-0.05, 0) is 11.4 Å². The maximum absolute atomic E-state index is 9.87. The van der Waals surface area contributed by atoms with Crippen molar-refractivity contribution in [2.24, 2.45) is 0 Å². The van der Waals surface area contributed by atoms with Gasteiger partial charge in [-0.2, -0.15) is 0 Å². The van der Waals surface area contributed by atoms with Crippen LogP contribution in [0.4, 0.5) is 0 Å². The Labute approximate surface area is 99.3 Å². The van der Waals surface area contributed by atoms with Crippen molar-refractivity contribution in [2.75, 3.05) is 25.4 Å². The number of thiophene rings is 1. The summed E-state index contributed by atoms with van der Waals surface area (Å²) in [6.07, 6.45) is 2.52. The summed E-state index contributed by atoms with van der Waals surface area (Å²) in [5.41, 5.74) is 0. The highest BCUT2D eigenvalue weighted by molar-refractivity contribution is 8.01. The van der Waals surface area contributed by atoms with E-state index in [2.05, 4.69) is 17.5 Å². The van der Waals surface area contributed by atoms with Gasteiger partial charge in [-0.25, -0.2) is 0 Å². The second-order valence-electron chi connectivity index (χ2n) is 4.06. The summed E-state index contributed by atoms with van der Waals surface area (Å²) in [4.78, 5) is 1.58. The van der Waals surface area contributed by atoms with Crippen LogP contribution < -0.4 is 4.90 Å². The molecule has 0 aliphatic carbocycles. The van der Waals surface area contributed by atoms with Gasteiger partial charge < -0.3 is 10.0 Å². The van der Waals surface area contributed by atoms with Gasteiger partial charge in [-0.1, -0.05) is 6.07 Å². The zero-order valence-electron chi connectivity index (χ0n) is 8.82. The molecule has 1 aromatic rings. The van der Waals surface area contributed by atoms with Crippen molar-refractivity contribution in [3.63, 3.8) is 0 Å². The van der Waals surface area contributed by atoms with Crippen molar-refractivity contribution in [3.05, 3.63) is 17.5 Å². The van der Waals surface area contributed by atoms with Gasteiger partial charge in [0.05, 0.1) is 17.3 Å². The van der Waals surface area contributed by atoms with Gasteiger partial charge in [0.25, 0.3) is 0 Å². The fourth-order valence-electron chi connectivity index (χ4n) is 2.00. The number of likely N-dealkylation sites (tertiary alicyclic amines) is 1. The first-order valence-electron chi connectivity index (χ1n) is 5.52. The Balaban J connectivity index is 1.66. The summed E-state index contributed by atoms with van der Waals surface area (Å²) in [5.74, 6) is 0.837. The van der Waals surface area contributed by atoms with E-state index in [1.54, 1.807) is 28.0 Å². The lowest BCUT2D eigenvalue weighted by molar-refractivity contribution is -0.890. The zero-order valence-corrected chi connectivity index (χ0v) is 10.4. The lowest BCUT2D eigenvalue weighted by Crippen LogP contribution is -3.11. The predicted octanol–water partition coefficient (Wildman–Crippen LogP) is 0.880. The van der Waals surface area contributed by atoms with Crippen LogP contribution in [0, 0.1) is 0 Å². The average Bonchev–Trinajstić information content (AvgIpc) is 2.86. The average molecular weight is 244 g/mol. The molecule has 0 radical (unpaired) electrons. The van der Waals surface area contributed by atoms with Gasteiger partial charge in [0.15, 0.2) is 0 Å². The van der Waals surface area contributed by atoms with Crippen molar-refractivity contribution in [1.29, 1.82) is 0 Å². The predicted molar refractivity (Wildman–Crippen MR) is 65.8 cm³/mol. The summed E-state index contributed by atoms with van der Waals surface area (Å²) in [7, 11) is 0. The Kier molecular flexibility index (Phi) is 4.50. The smallest absolute Gasteiger partial charge is 0.112 e. The molecule has 1 saturated heterocycles. The molecule has 1 fully saturated rings. The standard InChI is InChI=1S/C11H17NOS2/c13-10(8-12-5-1-2-6-12)9-15-11-4-3-7-14-11/h3-4,7,10,13H,1-2,5-6,8-9H2/p+1/t10-/m0/s1. The fraction of sp³-hybridized carbons (Fsp3) is 0.636. The maximum atomic E-state index is 9.87. The molecule has 1 aliphatic heterocycles. The Hall–Kier alpha value is -0.0300. The van der Waals surface area contributed by atoms with Crippen molar-refractivity contribution < 1.29 is 10.0 Å². The molecule has 0 unspecified atom stereocenters. The molecule has 1 atom stereocenters. The van der Waals surface area contributed by atoms with Crippen molar-refractivity contribution in [1.82, 2.24) is 0 Å². The largest absolute Gasteiger partial charge is 0.386 e. The summed E-state index contributed by atoms with van der Waals surface area (Å²) in [5, 5.41) is 12.0. The lowest BCUT2D eigenvalue weighted by Gasteiger charge is -2.16. The summed E-state index contributed by atoms with van der Waals surface area (Å²) >= 11 is 3.53. The van der Waals surface area contributed by atoms with Crippen molar-refractivity contribution >= 4 is 23.1 Å². The van der Waals surface area contributed by atoms with Crippen LogP contribution in [-0.2, 0) is 0 Å². The SMILES string of the molecule is O[C@H](CSc1cccs1)C[NH+]1CCCC1. The monoisotopic (exact) mass is 244 g/mol. The third-order valence-corrected chi connectivity index (χ3v) is 5.02. The quantitative estimate of drug-likeness (QED) is 0.752. The summed E-state index contributed by atoms with van der Waals surface area (Å²) in [6.45, 7) is 3.43. The molecule has 0 amide bonds. The zero-order chi connectivity index (χ0) is 10.5. The van der Waals surface area contributed by atoms with Crippen LogP contribution in [0.25, 0.3) is 0 Å². The van der Waals surface area contributed by atoms with Crippen LogP contribution in [0.5, 0.6) is 0 Å². The van der Waals surface area contributed by atoms with E-state index in [0.29, 0.717) is 0 Å². The first kappa shape index (κ1) is 11.5. The molecule has 15 heavy (non-hydrogen) atoms. The van der Waals surface area contributed by atoms with Gasteiger partial charge in [0, 0.05) is 18.6 Å². The van der Waals surface area contributed by atoms with Gasteiger partial charge in [0.2, 0.25) is 0 Å². The summed E-state index contributed by atoms with van der Waals surface area (Å²) < 4.78 is 1.31. The number of quaternary nitrogens is 1. The highest BCUT2D eigenvalue weighted by Gasteiger charge is 2.19. The molecule has 4 heteroatoms. The number of hydrogen-bond acceptors (Lipinski definition) is 3. The highest BCUT2D eigenvalue weighted by Crippen LogP contribution is 2.23. The van der Waals surface area contributed by atoms with Crippen LogP contribution in [-0.4, -0.2) is 36.6 Å². The van der Waals surface area contributed by atoms with Gasteiger partial charge in [0.1, 0.15) is 12.6 Å². The third kappa shape index (κ3) is 3.79. The Bertz CT molecular complexity index is 270. The molecular weight excluding hydrogens is 226 g/mol. The van der Waals surface area contributed by atoms with E-state index in [9.17, 15) is 5.11 Å². The minimum absolute atomic E-state index is 0.148. The number of rotatable bonds is 5. The molecule has 0 saturated carbocycles. The van der Waals surface area contributed by atoms with Crippen LogP contribution in [0.1, 0.15) is 12.8 Å². The van der Waals surface area contributed by atoms with Gasteiger partial charge in [-0.3, -0.25) is 0 Å². The minimum atomic E-state index is -0.148. The molecule has 0 aromatic carbocycles. The maximum Gasteiger partial charge on any atom is 0.112 e. The topological polar surface area (TPSA) is 24.7 Å². The molecule has 2 N–H and O–H groups in total. The third-order valence-electron chi connectivity index (χ3n) is 2.75. The molecule has 1 aromatic heterocycles. The number of hydrogen-bond donors (Lipinski definition) is 2. The number of aliphatic hydroxyl groups is 1. The van der Waals surface area contributed by atoms with E-state index in [0.717, 1.165) is 12.3 Å². The van der Waals surface area contributed by atoms with E-state index < -0.39 is 0 Å². The molecule has 84 valence electrons. The van der Waals surface area contributed by atoms with E-state index in [-0.39, 0.29) is 6.10 Å². The van der Waals surface area contributed by atoms with E-state index in [1.165, 1.54) is 30.1 Å². The Morgan fingerprint density at radius 3 is 2.93 bits per heavy atom. The van der Waals surface area contributed by atoms with Crippen LogP contribution in [0.2, 0.25) is 0 Å².